The van der Waals surface area contributed by atoms with Gasteiger partial charge in [-0.3, -0.25) is 0 Å². The molecule has 4 nitrogen and oxygen atoms in total. The molecule has 2 N–H and O–H groups in total. The highest BCUT2D eigenvalue weighted by Crippen LogP contribution is 2.21. The molecule has 0 saturated carbocycles. The van der Waals surface area contributed by atoms with E-state index < -0.39 is 5.82 Å². The van der Waals surface area contributed by atoms with Gasteiger partial charge in [0.05, 0.1) is 0 Å². The number of halogens is 1. The van der Waals surface area contributed by atoms with Gasteiger partial charge in [-0.15, -0.1) is 6.42 Å². The molecule has 0 radical (unpaired) electrons. The van der Waals surface area contributed by atoms with Crippen LogP contribution in [0.5, 0.6) is 0 Å². The van der Waals surface area contributed by atoms with Crippen LogP contribution in [-0.2, 0) is 0 Å². The minimum absolute atomic E-state index is 0.0128. The molecule has 1 aromatic carbocycles. The molecule has 0 bridgehead atoms. The number of benzene rings is 1. The molecule has 0 aliphatic rings. The Hall–Kier alpha value is -2.79. The first-order chi connectivity index (χ1) is 8.19. The number of nitriles is 1. The van der Waals surface area contributed by atoms with Gasteiger partial charge in [-0.1, -0.05) is 12.1 Å². The van der Waals surface area contributed by atoms with Crippen LogP contribution in [0.15, 0.2) is 24.3 Å². The van der Waals surface area contributed by atoms with E-state index in [2.05, 4.69) is 11.0 Å². The molecule has 0 atom stereocenters. The summed E-state index contributed by atoms with van der Waals surface area (Å²) in [5.74, 6) is 1.81. The Bertz CT molecular complexity index is 658. The van der Waals surface area contributed by atoms with Gasteiger partial charge in [0, 0.05) is 0 Å². The van der Waals surface area contributed by atoms with E-state index in [0.29, 0.717) is 0 Å². The average Bonchev–Trinajstić information content (AvgIpc) is 2.66. The predicted octanol–water partition coefficient (Wildman–Crippen LogP) is 1.45. The standard InChI is InChI=1S/C12H7FN4/c1-2-10-12(15)9(7-14)16-17(10)11-6-4-3-5-8(11)13/h1,3-6H,15H2. The van der Waals surface area contributed by atoms with Crippen molar-refractivity contribution in [2.75, 3.05) is 5.73 Å². The zero-order valence-corrected chi connectivity index (χ0v) is 8.68. The first kappa shape index (κ1) is 10.7. The molecule has 2 aromatic rings. The molecule has 5 heteroatoms. The van der Waals surface area contributed by atoms with E-state index in [0.717, 1.165) is 4.68 Å². The minimum Gasteiger partial charge on any atom is -0.394 e. The van der Waals surface area contributed by atoms with E-state index in [9.17, 15) is 4.39 Å². The predicted molar refractivity (Wildman–Crippen MR) is 60.6 cm³/mol. The van der Waals surface area contributed by atoms with E-state index in [1.165, 1.54) is 12.1 Å². The Kier molecular flexibility index (Phi) is 2.52. The van der Waals surface area contributed by atoms with E-state index in [1.807, 2.05) is 0 Å². The maximum absolute atomic E-state index is 13.6. The van der Waals surface area contributed by atoms with Crippen molar-refractivity contribution in [2.24, 2.45) is 0 Å². The Balaban J connectivity index is 2.74. The van der Waals surface area contributed by atoms with Crippen LogP contribution in [0, 0.1) is 29.5 Å². The van der Waals surface area contributed by atoms with E-state index in [-0.39, 0.29) is 22.8 Å². The van der Waals surface area contributed by atoms with Crippen molar-refractivity contribution >= 4 is 5.69 Å². The van der Waals surface area contributed by atoms with Crippen LogP contribution in [0.1, 0.15) is 11.4 Å². The van der Waals surface area contributed by atoms with Crippen molar-refractivity contribution in [3.63, 3.8) is 0 Å². The molecule has 0 amide bonds. The second kappa shape index (κ2) is 3.99. The number of rotatable bonds is 1. The van der Waals surface area contributed by atoms with Gasteiger partial charge in [0.1, 0.15) is 29.0 Å². The highest BCUT2D eigenvalue weighted by atomic mass is 19.1. The van der Waals surface area contributed by atoms with Crippen LogP contribution in [0.3, 0.4) is 0 Å². The van der Waals surface area contributed by atoms with Gasteiger partial charge in [0.2, 0.25) is 0 Å². The molecule has 0 saturated heterocycles. The zero-order valence-electron chi connectivity index (χ0n) is 8.68. The smallest absolute Gasteiger partial charge is 0.187 e. The van der Waals surface area contributed by atoms with Gasteiger partial charge in [-0.25, -0.2) is 9.07 Å². The van der Waals surface area contributed by atoms with E-state index in [1.54, 1.807) is 18.2 Å². The molecule has 82 valence electrons. The summed E-state index contributed by atoms with van der Waals surface area (Å²) in [6.45, 7) is 0. The molecule has 1 aromatic heterocycles. The topological polar surface area (TPSA) is 67.6 Å². The van der Waals surface area contributed by atoms with Gasteiger partial charge in [0.15, 0.2) is 5.69 Å². The molecule has 0 spiro atoms. The first-order valence-electron chi connectivity index (χ1n) is 4.69. The Labute approximate surface area is 97.1 Å². The number of hydrogen-bond donors (Lipinski definition) is 1. The highest BCUT2D eigenvalue weighted by Gasteiger charge is 2.16. The SMILES string of the molecule is C#Cc1c(N)c(C#N)nn1-c1ccccc1F. The summed E-state index contributed by atoms with van der Waals surface area (Å²) < 4.78 is 14.7. The van der Waals surface area contributed by atoms with Gasteiger partial charge < -0.3 is 5.73 Å². The summed E-state index contributed by atoms with van der Waals surface area (Å²) in [5, 5.41) is 12.7. The molecule has 0 fully saturated rings. The number of nitrogens with zero attached hydrogens (tertiary/aromatic N) is 3. The second-order valence-electron chi connectivity index (χ2n) is 3.23. The zero-order chi connectivity index (χ0) is 12.4. The van der Waals surface area contributed by atoms with Gasteiger partial charge in [-0.2, -0.15) is 10.4 Å². The normalized spacial score (nSPS) is 9.59. The maximum Gasteiger partial charge on any atom is 0.187 e. The highest BCUT2D eigenvalue weighted by molar-refractivity contribution is 5.62. The number of para-hydroxylation sites is 1. The lowest BCUT2D eigenvalue weighted by Gasteiger charge is -2.04. The van der Waals surface area contributed by atoms with Crippen molar-refractivity contribution in [3.8, 4) is 24.1 Å². The van der Waals surface area contributed by atoms with Crippen LogP contribution >= 0.6 is 0 Å². The van der Waals surface area contributed by atoms with Crippen molar-refractivity contribution < 1.29 is 4.39 Å². The second-order valence-corrected chi connectivity index (χ2v) is 3.23. The summed E-state index contributed by atoms with van der Waals surface area (Å²) in [6, 6.07) is 7.78. The van der Waals surface area contributed by atoms with E-state index in [4.69, 9.17) is 17.4 Å². The Morgan fingerprint density at radius 1 is 1.41 bits per heavy atom. The molecular formula is C12H7FN4. The van der Waals surface area contributed by atoms with Gasteiger partial charge in [0.25, 0.3) is 0 Å². The summed E-state index contributed by atoms with van der Waals surface area (Å²) >= 11 is 0. The minimum atomic E-state index is -0.490. The third kappa shape index (κ3) is 1.60. The number of hydrogen-bond acceptors (Lipinski definition) is 3. The maximum atomic E-state index is 13.6. The first-order valence-corrected chi connectivity index (χ1v) is 4.69. The van der Waals surface area contributed by atoms with Crippen molar-refractivity contribution in [1.82, 2.24) is 9.78 Å². The molecule has 0 aliphatic heterocycles. The third-order valence-corrected chi connectivity index (χ3v) is 2.25. The number of terminal acetylenes is 1. The number of anilines is 1. The van der Waals surface area contributed by atoms with Crippen LogP contribution < -0.4 is 5.73 Å². The van der Waals surface area contributed by atoms with Crippen LogP contribution in [0.2, 0.25) is 0 Å². The van der Waals surface area contributed by atoms with Crippen molar-refractivity contribution in [2.45, 2.75) is 0 Å². The molecule has 17 heavy (non-hydrogen) atoms. The van der Waals surface area contributed by atoms with Crippen LogP contribution in [0.4, 0.5) is 10.1 Å². The van der Waals surface area contributed by atoms with Crippen LogP contribution in [-0.4, -0.2) is 9.78 Å². The number of nitrogens with two attached hydrogens (primary N) is 1. The fourth-order valence-electron chi connectivity index (χ4n) is 1.45. The average molecular weight is 226 g/mol. The fourth-order valence-corrected chi connectivity index (χ4v) is 1.45. The monoisotopic (exact) mass is 226 g/mol. The lowest BCUT2D eigenvalue weighted by atomic mass is 10.3. The van der Waals surface area contributed by atoms with Crippen molar-refractivity contribution in [1.29, 1.82) is 5.26 Å². The number of nitrogen functional groups attached to an aromatic ring is 1. The third-order valence-electron chi connectivity index (χ3n) is 2.25. The number of aromatic nitrogens is 2. The summed E-state index contributed by atoms with van der Waals surface area (Å²) in [6.07, 6.45) is 5.28. The lowest BCUT2D eigenvalue weighted by Crippen LogP contribution is -2.02. The lowest BCUT2D eigenvalue weighted by molar-refractivity contribution is 0.610. The Morgan fingerprint density at radius 2 is 2.12 bits per heavy atom. The largest absolute Gasteiger partial charge is 0.394 e. The summed E-state index contributed by atoms with van der Waals surface area (Å²) in [4.78, 5) is 0. The molecule has 1 heterocycles. The molecule has 0 aliphatic carbocycles. The van der Waals surface area contributed by atoms with Crippen LogP contribution in [0.25, 0.3) is 5.69 Å². The van der Waals surface area contributed by atoms with Gasteiger partial charge >= 0.3 is 0 Å². The fraction of sp³-hybridized carbons (Fsp3) is 0. The molecule has 0 unspecified atom stereocenters. The molecule has 2 rings (SSSR count). The summed E-state index contributed by atoms with van der Waals surface area (Å²) in [5.41, 5.74) is 6.04. The quantitative estimate of drug-likeness (QED) is 0.748. The van der Waals surface area contributed by atoms with Crippen molar-refractivity contribution in [3.05, 3.63) is 41.5 Å². The molecular weight excluding hydrogens is 219 g/mol. The van der Waals surface area contributed by atoms with Gasteiger partial charge in [-0.05, 0) is 18.1 Å². The van der Waals surface area contributed by atoms with E-state index >= 15 is 0 Å². The summed E-state index contributed by atoms with van der Waals surface area (Å²) in [7, 11) is 0. The Morgan fingerprint density at radius 3 is 2.71 bits per heavy atom.